The molecule has 12 heteroatoms. The molecule has 2 rings (SSSR count). The van der Waals surface area contributed by atoms with Crippen LogP contribution in [0.4, 0.5) is 0 Å². The number of carbonyl (C=O) groups excluding carboxylic acids is 4. The first-order chi connectivity index (χ1) is 17.3. The Morgan fingerprint density at radius 2 is 1.51 bits per heavy atom. The van der Waals surface area contributed by atoms with Gasteiger partial charge in [0.2, 0.25) is 23.6 Å². The van der Waals surface area contributed by atoms with Crippen LogP contribution in [-0.2, 0) is 30.4 Å². The molecule has 4 amide bonds. The topological polar surface area (TPSA) is 209 Å². The maximum absolute atomic E-state index is 13.0. The van der Waals surface area contributed by atoms with Crippen molar-refractivity contribution in [1.29, 1.82) is 0 Å². The predicted molar refractivity (Wildman–Crippen MR) is 137 cm³/mol. The van der Waals surface area contributed by atoms with Gasteiger partial charge in [-0.1, -0.05) is 45.9 Å². The number of fused-ring (bicyclic) bond motifs is 1. The highest BCUT2D eigenvalue weighted by molar-refractivity contribution is 5.96. The van der Waals surface area contributed by atoms with Gasteiger partial charge in [-0.15, -0.1) is 0 Å². The van der Waals surface area contributed by atoms with Crippen LogP contribution >= 0.6 is 0 Å². The van der Waals surface area contributed by atoms with E-state index in [2.05, 4.69) is 20.9 Å². The van der Waals surface area contributed by atoms with Gasteiger partial charge in [-0.05, 0) is 23.5 Å². The Morgan fingerprint density at radius 1 is 0.892 bits per heavy atom. The number of hydrogen-bond donors (Lipinski definition) is 7. The van der Waals surface area contributed by atoms with E-state index in [1.54, 1.807) is 33.9 Å². The van der Waals surface area contributed by atoms with Gasteiger partial charge in [0.25, 0.3) is 0 Å². The molecule has 12 nitrogen and oxygen atoms in total. The molecule has 202 valence electrons. The zero-order valence-corrected chi connectivity index (χ0v) is 21.4. The van der Waals surface area contributed by atoms with Gasteiger partial charge in [0.1, 0.15) is 18.1 Å². The summed E-state index contributed by atoms with van der Waals surface area (Å²) in [5, 5.41) is 17.9. The molecule has 37 heavy (non-hydrogen) atoms. The van der Waals surface area contributed by atoms with Crippen molar-refractivity contribution in [3.63, 3.8) is 0 Å². The summed E-state index contributed by atoms with van der Waals surface area (Å²) in [7, 11) is 0. The van der Waals surface area contributed by atoms with Gasteiger partial charge >= 0.3 is 5.97 Å². The number of H-pyrrole nitrogens is 1. The summed E-state index contributed by atoms with van der Waals surface area (Å²) in [6, 6.07) is 2.61. The van der Waals surface area contributed by atoms with Crippen LogP contribution < -0.4 is 27.4 Å². The van der Waals surface area contributed by atoms with Crippen LogP contribution in [0.25, 0.3) is 10.9 Å². The number of nitrogens with one attached hydrogen (secondary N) is 4. The molecule has 0 aliphatic heterocycles. The molecule has 0 aliphatic carbocycles. The standard InChI is InChI=1S/C25H36N6O6/c1-12(2)20(27)23(34)31-21(13(3)4)24(35)29-17(10-19(26)32)22(33)30-18(25(36)37)9-14-11-28-16-8-6-5-7-15(14)16/h5-8,11-13,17-18,20-21,28H,9-10,27H2,1-4H3,(H2,26,32)(H,29,35)(H,30,33)(H,31,34)(H,36,37). The Labute approximate surface area is 214 Å². The van der Waals surface area contributed by atoms with Crippen molar-refractivity contribution in [3.05, 3.63) is 36.0 Å². The molecule has 4 unspecified atom stereocenters. The first kappa shape index (κ1) is 29.3. The molecule has 0 radical (unpaired) electrons. The van der Waals surface area contributed by atoms with Crippen molar-refractivity contribution >= 4 is 40.5 Å². The van der Waals surface area contributed by atoms with Crippen LogP contribution in [0.1, 0.15) is 39.7 Å². The Morgan fingerprint density at radius 3 is 2.08 bits per heavy atom. The first-order valence-electron chi connectivity index (χ1n) is 12.0. The highest BCUT2D eigenvalue weighted by Gasteiger charge is 2.33. The highest BCUT2D eigenvalue weighted by atomic mass is 16.4. The van der Waals surface area contributed by atoms with E-state index in [4.69, 9.17) is 11.5 Å². The number of primary amides is 1. The number of para-hydroxylation sites is 1. The maximum Gasteiger partial charge on any atom is 0.326 e. The summed E-state index contributed by atoms with van der Waals surface area (Å²) < 4.78 is 0. The molecule has 1 heterocycles. The van der Waals surface area contributed by atoms with Crippen LogP contribution in [0.3, 0.4) is 0 Å². The van der Waals surface area contributed by atoms with E-state index < -0.39 is 60.2 Å². The molecule has 4 atom stereocenters. The van der Waals surface area contributed by atoms with Crippen molar-refractivity contribution in [3.8, 4) is 0 Å². The number of aliphatic carboxylic acids is 1. The third-order valence-corrected chi connectivity index (χ3v) is 6.02. The Hall–Kier alpha value is -3.93. The maximum atomic E-state index is 13.0. The summed E-state index contributed by atoms with van der Waals surface area (Å²) >= 11 is 0. The zero-order valence-electron chi connectivity index (χ0n) is 21.4. The van der Waals surface area contributed by atoms with Gasteiger partial charge in [0.15, 0.2) is 0 Å². The monoisotopic (exact) mass is 516 g/mol. The lowest BCUT2D eigenvalue weighted by atomic mass is 9.99. The Bertz CT molecular complexity index is 1140. The van der Waals surface area contributed by atoms with E-state index in [1.807, 2.05) is 24.3 Å². The van der Waals surface area contributed by atoms with Crippen molar-refractivity contribution in [2.75, 3.05) is 0 Å². The number of aromatic nitrogens is 1. The van der Waals surface area contributed by atoms with Crippen LogP contribution in [0, 0.1) is 11.8 Å². The number of carbonyl (C=O) groups is 5. The van der Waals surface area contributed by atoms with Gasteiger partial charge < -0.3 is 37.5 Å². The van der Waals surface area contributed by atoms with E-state index >= 15 is 0 Å². The molecular formula is C25H36N6O6. The fourth-order valence-electron chi connectivity index (χ4n) is 3.75. The van der Waals surface area contributed by atoms with E-state index in [-0.39, 0.29) is 18.3 Å². The third-order valence-electron chi connectivity index (χ3n) is 6.02. The first-order valence-corrected chi connectivity index (χ1v) is 12.0. The SMILES string of the molecule is CC(C)C(N)C(=O)NC(C(=O)NC(CC(N)=O)C(=O)NC(Cc1c[nH]c2ccccc12)C(=O)O)C(C)C. The molecule has 0 saturated heterocycles. The van der Waals surface area contributed by atoms with E-state index in [0.717, 1.165) is 10.9 Å². The van der Waals surface area contributed by atoms with E-state index in [0.29, 0.717) is 5.56 Å². The fourth-order valence-corrected chi connectivity index (χ4v) is 3.75. The normalized spacial score (nSPS) is 14.6. The van der Waals surface area contributed by atoms with Crippen LogP contribution in [0.2, 0.25) is 0 Å². The minimum atomic E-state index is -1.45. The van der Waals surface area contributed by atoms with Crippen molar-refractivity contribution in [2.45, 2.75) is 64.7 Å². The summed E-state index contributed by atoms with van der Waals surface area (Å²) in [5.74, 6) is -4.89. The number of carboxylic acid groups (broad SMARTS) is 1. The van der Waals surface area contributed by atoms with Gasteiger partial charge in [-0.2, -0.15) is 0 Å². The molecule has 9 N–H and O–H groups in total. The molecule has 0 aliphatic rings. The number of rotatable bonds is 13. The lowest BCUT2D eigenvalue weighted by Crippen LogP contribution is -2.59. The molecule has 2 aromatic rings. The average molecular weight is 517 g/mol. The van der Waals surface area contributed by atoms with Crippen LogP contribution in [0.15, 0.2) is 30.5 Å². The van der Waals surface area contributed by atoms with E-state index in [1.165, 1.54) is 0 Å². The molecule has 0 spiro atoms. The van der Waals surface area contributed by atoms with Gasteiger partial charge in [-0.3, -0.25) is 19.2 Å². The van der Waals surface area contributed by atoms with Crippen molar-refractivity contribution in [2.24, 2.45) is 23.3 Å². The summed E-state index contributed by atoms with van der Waals surface area (Å²) in [6.07, 6.45) is 1.05. The lowest BCUT2D eigenvalue weighted by molar-refractivity contribution is -0.142. The van der Waals surface area contributed by atoms with Gasteiger partial charge in [0, 0.05) is 23.5 Å². The lowest BCUT2D eigenvalue weighted by Gasteiger charge is -2.27. The Kier molecular flexibility index (Phi) is 10.2. The Balaban J connectivity index is 2.18. The fraction of sp³-hybridized carbons (Fsp3) is 0.480. The molecular weight excluding hydrogens is 480 g/mol. The number of nitrogens with two attached hydrogens (primary N) is 2. The number of aromatic amines is 1. The molecule has 0 bridgehead atoms. The molecule has 1 aromatic heterocycles. The second kappa shape index (κ2) is 12.9. The van der Waals surface area contributed by atoms with Crippen LogP contribution in [-0.4, -0.2) is 63.9 Å². The second-order valence-electron chi connectivity index (χ2n) is 9.69. The number of hydrogen-bond acceptors (Lipinski definition) is 6. The average Bonchev–Trinajstić information content (AvgIpc) is 3.22. The highest BCUT2D eigenvalue weighted by Crippen LogP contribution is 2.19. The van der Waals surface area contributed by atoms with Gasteiger partial charge in [-0.25, -0.2) is 4.79 Å². The minimum absolute atomic E-state index is 0.0416. The largest absolute Gasteiger partial charge is 0.480 e. The van der Waals surface area contributed by atoms with Crippen molar-refractivity contribution < 1.29 is 29.1 Å². The molecule has 0 fully saturated rings. The number of amides is 4. The predicted octanol–water partition coefficient (Wildman–Crippen LogP) is -0.236. The van der Waals surface area contributed by atoms with Gasteiger partial charge in [0.05, 0.1) is 12.5 Å². The zero-order chi connectivity index (χ0) is 27.9. The molecule has 0 saturated carbocycles. The second-order valence-corrected chi connectivity index (χ2v) is 9.69. The number of benzene rings is 1. The minimum Gasteiger partial charge on any atom is -0.480 e. The molecule has 1 aromatic carbocycles. The third kappa shape index (κ3) is 8.04. The summed E-state index contributed by atoms with van der Waals surface area (Å²) in [5.41, 5.74) is 12.6. The smallest absolute Gasteiger partial charge is 0.326 e. The quantitative estimate of drug-likeness (QED) is 0.190. The van der Waals surface area contributed by atoms with Crippen LogP contribution in [0.5, 0.6) is 0 Å². The summed E-state index contributed by atoms with van der Waals surface area (Å²) in [6.45, 7) is 6.90. The number of carboxylic acids is 1. The van der Waals surface area contributed by atoms with E-state index in [9.17, 15) is 29.1 Å². The summed E-state index contributed by atoms with van der Waals surface area (Å²) in [4.78, 5) is 65.1. The van der Waals surface area contributed by atoms with Crippen molar-refractivity contribution in [1.82, 2.24) is 20.9 Å².